The number of halogens is 2. The third-order valence-corrected chi connectivity index (χ3v) is 4.65. The van der Waals surface area contributed by atoms with Crippen LogP contribution in [0.2, 0.25) is 5.02 Å². The second kappa shape index (κ2) is 7.25. The van der Waals surface area contributed by atoms with Crippen LogP contribution in [0.15, 0.2) is 30.5 Å². The molecule has 9 heteroatoms. The number of pyridine rings is 1. The van der Waals surface area contributed by atoms with E-state index in [1.54, 1.807) is 17.9 Å². The fourth-order valence-corrected chi connectivity index (χ4v) is 3.14. The van der Waals surface area contributed by atoms with Gasteiger partial charge in [-0.25, -0.2) is 9.37 Å². The Morgan fingerprint density at radius 3 is 2.58 bits per heavy atom. The number of carbonyl (C=O) groups is 1. The van der Waals surface area contributed by atoms with E-state index in [1.165, 1.54) is 24.4 Å². The monoisotopic (exact) mass is 378 g/mol. The van der Waals surface area contributed by atoms with Crippen LogP contribution in [0.3, 0.4) is 0 Å². The van der Waals surface area contributed by atoms with Gasteiger partial charge in [0.2, 0.25) is 0 Å². The largest absolute Gasteiger partial charge is 0.353 e. The fraction of sp³-hybridized carbons (Fsp3) is 0.294. The van der Waals surface area contributed by atoms with Gasteiger partial charge in [0.25, 0.3) is 11.6 Å². The van der Waals surface area contributed by atoms with Crippen molar-refractivity contribution < 1.29 is 14.1 Å². The Morgan fingerprint density at radius 1 is 1.31 bits per heavy atom. The maximum Gasteiger partial charge on any atom is 0.290 e. The first kappa shape index (κ1) is 18.1. The summed E-state index contributed by atoms with van der Waals surface area (Å²) >= 11 is 5.96. The first-order valence-corrected chi connectivity index (χ1v) is 8.35. The number of piperazine rings is 1. The molecule has 1 aromatic carbocycles. The topological polar surface area (TPSA) is 79.6 Å². The van der Waals surface area contributed by atoms with Crippen molar-refractivity contribution >= 4 is 29.0 Å². The minimum atomic E-state index is -0.641. The summed E-state index contributed by atoms with van der Waals surface area (Å²) in [6.07, 6.45) is 1.24. The molecule has 136 valence electrons. The maximum atomic E-state index is 13.9. The molecule has 0 radical (unpaired) electrons. The quantitative estimate of drug-likeness (QED) is 0.605. The van der Waals surface area contributed by atoms with Gasteiger partial charge in [-0.3, -0.25) is 14.9 Å². The zero-order valence-corrected chi connectivity index (χ0v) is 14.7. The molecule has 0 saturated carbocycles. The van der Waals surface area contributed by atoms with Gasteiger partial charge in [-0.05, 0) is 25.1 Å². The van der Waals surface area contributed by atoms with Crippen molar-refractivity contribution in [3.63, 3.8) is 0 Å². The van der Waals surface area contributed by atoms with E-state index < -0.39 is 16.6 Å². The number of benzene rings is 1. The zero-order valence-electron chi connectivity index (χ0n) is 14.0. The maximum absolute atomic E-state index is 13.9. The highest BCUT2D eigenvalue weighted by molar-refractivity contribution is 6.33. The highest BCUT2D eigenvalue weighted by Gasteiger charge is 2.26. The lowest BCUT2D eigenvalue weighted by Gasteiger charge is -2.35. The summed E-state index contributed by atoms with van der Waals surface area (Å²) in [7, 11) is 0. The van der Waals surface area contributed by atoms with Crippen molar-refractivity contribution in [2.24, 2.45) is 0 Å². The number of nitrogens with zero attached hydrogens (tertiary/aromatic N) is 4. The van der Waals surface area contributed by atoms with Gasteiger partial charge in [-0.1, -0.05) is 17.7 Å². The van der Waals surface area contributed by atoms with E-state index in [4.69, 9.17) is 11.6 Å². The van der Waals surface area contributed by atoms with Crippen molar-refractivity contribution in [1.82, 2.24) is 9.88 Å². The summed E-state index contributed by atoms with van der Waals surface area (Å²) in [5.41, 5.74) is 0.375. The Bertz CT molecular complexity index is 849. The number of aromatic nitrogens is 1. The van der Waals surface area contributed by atoms with Crippen molar-refractivity contribution in [1.29, 1.82) is 0 Å². The Balaban J connectivity index is 1.70. The molecule has 1 saturated heterocycles. The Hall–Kier alpha value is -2.74. The summed E-state index contributed by atoms with van der Waals surface area (Å²) in [6.45, 7) is 3.38. The molecular formula is C17H16ClFN4O3. The lowest BCUT2D eigenvalue weighted by atomic mass is 10.1. The van der Waals surface area contributed by atoms with Gasteiger partial charge in [0.15, 0.2) is 0 Å². The molecule has 26 heavy (non-hydrogen) atoms. The predicted molar refractivity (Wildman–Crippen MR) is 95.2 cm³/mol. The lowest BCUT2D eigenvalue weighted by molar-refractivity contribution is -0.385. The standard InChI is InChI=1S/C17H16ClFN4O3/c1-11-9-15(20-10-14(11)23(25)26)21-5-7-22(8-6-21)17(24)16-12(18)3-2-4-13(16)19/h2-4,9-10H,5-8H2,1H3. The number of hydrogen-bond acceptors (Lipinski definition) is 5. The van der Waals surface area contributed by atoms with Crippen molar-refractivity contribution in [3.05, 3.63) is 62.5 Å². The summed E-state index contributed by atoms with van der Waals surface area (Å²) in [6, 6.07) is 5.80. The summed E-state index contributed by atoms with van der Waals surface area (Å²) < 4.78 is 13.9. The molecule has 2 heterocycles. The van der Waals surface area contributed by atoms with E-state index in [-0.39, 0.29) is 16.3 Å². The smallest absolute Gasteiger partial charge is 0.290 e. The summed E-state index contributed by atoms with van der Waals surface area (Å²) in [5.74, 6) is -0.470. The first-order valence-electron chi connectivity index (χ1n) is 7.97. The number of hydrogen-bond donors (Lipinski definition) is 0. The van der Waals surface area contributed by atoms with Crippen LogP contribution in [0.25, 0.3) is 0 Å². The lowest BCUT2D eigenvalue weighted by Crippen LogP contribution is -2.49. The Labute approximate surface area is 154 Å². The van der Waals surface area contributed by atoms with Gasteiger partial charge in [0, 0.05) is 31.7 Å². The molecule has 0 unspecified atom stereocenters. The van der Waals surface area contributed by atoms with E-state index >= 15 is 0 Å². The first-order chi connectivity index (χ1) is 12.4. The molecular weight excluding hydrogens is 363 g/mol. The van der Waals surface area contributed by atoms with Crippen LogP contribution in [0.5, 0.6) is 0 Å². The second-order valence-corrected chi connectivity index (χ2v) is 6.37. The zero-order chi connectivity index (χ0) is 18.8. The van der Waals surface area contributed by atoms with Crippen LogP contribution >= 0.6 is 11.6 Å². The number of nitro groups is 1. The molecule has 0 bridgehead atoms. The molecule has 1 aliphatic rings. The van der Waals surface area contributed by atoms with E-state index in [9.17, 15) is 19.3 Å². The van der Waals surface area contributed by atoms with Gasteiger partial charge < -0.3 is 9.80 Å². The molecule has 1 aliphatic heterocycles. The number of carbonyl (C=O) groups excluding carboxylic acids is 1. The molecule has 0 aliphatic carbocycles. The highest BCUT2D eigenvalue weighted by atomic mass is 35.5. The van der Waals surface area contributed by atoms with Gasteiger partial charge in [-0.2, -0.15) is 0 Å². The predicted octanol–water partition coefficient (Wildman–Crippen LogP) is 3.05. The average Bonchev–Trinajstić information content (AvgIpc) is 2.61. The van der Waals surface area contributed by atoms with Crippen LogP contribution in [-0.2, 0) is 0 Å². The second-order valence-electron chi connectivity index (χ2n) is 5.96. The molecule has 1 fully saturated rings. The molecule has 2 aromatic rings. The van der Waals surface area contributed by atoms with Crippen LogP contribution in [0.1, 0.15) is 15.9 Å². The van der Waals surface area contributed by atoms with E-state index in [2.05, 4.69) is 4.98 Å². The summed E-state index contributed by atoms with van der Waals surface area (Å²) in [5, 5.41) is 11.0. The number of aryl methyl sites for hydroxylation is 1. The third-order valence-electron chi connectivity index (χ3n) is 4.33. The molecule has 0 atom stereocenters. The van der Waals surface area contributed by atoms with Crippen molar-refractivity contribution in [2.75, 3.05) is 31.1 Å². The minimum absolute atomic E-state index is 0.0308. The van der Waals surface area contributed by atoms with Crippen LogP contribution < -0.4 is 4.90 Å². The third kappa shape index (κ3) is 3.45. The van der Waals surface area contributed by atoms with Crippen LogP contribution in [0.4, 0.5) is 15.9 Å². The van der Waals surface area contributed by atoms with E-state index in [0.717, 1.165) is 0 Å². The molecule has 7 nitrogen and oxygen atoms in total. The molecule has 3 rings (SSSR count). The normalized spacial score (nSPS) is 14.4. The molecule has 1 aromatic heterocycles. The van der Waals surface area contributed by atoms with E-state index in [1.807, 2.05) is 4.90 Å². The SMILES string of the molecule is Cc1cc(N2CCN(C(=O)c3c(F)cccc3Cl)CC2)ncc1[N+](=O)[O-]. The number of amides is 1. The average molecular weight is 379 g/mol. The number of anilines is 1. The highest BCUT2D eigenvalue weighted by Crippen LogP contribution is 2.24. The van der Waals surface area contributed by atoms with Gasteiger partial charge in [0.1, 0.15) is 17.8 Å². The van der Waals surface area contributed by atoms with E-state index in [0.29, 0.717) is 37.6 Å². The van der Waals surface area contributed by atoms with Gasteiger partial charge in [-0.15, -0.1) is 0 Å². The van der Waals surface area contributed by atoms with Crippen molar-refractivity contribution in [2.45, 2.75) is 6.92 Å². The van der Waals surface area contributed by atoms with Crippen LogP contribution in [-0.4, -0.2) is 46.9 Å². The van der Waals surface area contributed by atoms with Crippen molar-refractivity contribution in [3.8, 4) is 0 Å². The van der Waals surface area contributed by atoms with Crippen LogP contribution in [0, 0.1) is 22.9 Å². The Morgan fingerprint density at radius 2 is 2.00 bits per heavy atom. The van der Waals surface area contributed by atoms with Gasteiger partial charge >= 0.3 is 0 Å². The number of rotatable bonds is 3. The Kier molecular flexibility index (Phi) is 5.03. The van der Waals surface area contributed by atoms with Gasteiger partial charge in [0.05, 0.1) is 15.5 Å². The summed E-state index contributed by atoms with van der Waals surface area (Å²) in [4.78, 5) is 30.6. The fourth-order valence-electron chi connectivity index (χ4n) is 2.90. The molecule has 1 amide bonds. The molecule has 0 spiro atoms. The molecule has 0 N–H and O–H groups in total. The minimum Gasteiger partial charge on any atom is -0.353 e.